The largest absolute Gasteiger partial charge is 0.318 e. The summed E-state index contributed by atoms with van der Waals surface area (Å²) in [7, 11) is 0. The molecule has 4 heteroatoms. The van der Waals surface area contributed by atoms with Crippen LogP contribution in [-0.2, 0) is 9.59 Å². The Bertz CT molecular complexity index is 843. The van der Waals surface area contributed by atoms with Crippen molar-refractivity contribution in [2.45, 2.75) is 50.6 Å². The van der Waals surface area contributed by atoms with Crippen LogP contribution in [0.15, 0.2) is 36.4 Å². The Morgan fingerprint density at radius 3 is 1.50 bits per heavy atom. The van der Waals surface area contributed by atoms with Gasteiger partial charge in [-0.15, -0.1) is 0 Å². The van der Waals surface area contributed by atoms with E-state index in [0.717, 1.165) is 24.0 Å². The maximum absolute atomic E-state index is 11.7. The number of nitrogens with two attached hydrogens (primary N) is 2. The monoisotopic (exact) mass is 348 g/mol. The lowest BCUT2D eigenvalue weighted by Gasteiger charge is -2.41. The maximum atomic E-state index is 11.7. The molecule has 0 aliphatic heterocycles. The predicted molar refractivity (Wildman–Crippen MR) is 101 cm³/mol. The van der Waals surface area contributed by atoms with Gasteiger partial charge in [-0.05, 0) is 60.1 Å². The fourth-order valence-corrected chi connectivity index (χ4v) is 4.57. The zero-order valence-electron chi connectivity index (χ0n) is 15.2. The van der Waals surface area contributed by atoms with Crippen molar-refractivity contribution in [3.05, 3.63) is 69.8 Å². The third-order valence-corrected chi connectivity index (χ3v) is 6.06. The first-order chi connectivity index (χ1) is 12.4. The first kappa shape index (κ1) is 17.1. The van der Waals surface area contributed by atoms with Crippen molar-refractivity contribution in [3.63, 3.8) is 0 Å². The Balaban J connectivity index is 1.79. The topological polar surface area (TPSA) is 86.2 Å². The van der Waals surface area contributed by atoms with E-state index in [-0.39, 0.29) is 11.6 Å². The van der Waals surface area contributed by atoms with Gasteiger partial charge in [-0.1, -0.05) is 36.4 Å². The molecule has 4 N–H and O–H groups in total. The maximum Gasteiger partial charge on any atom is 0.150 e. The molecule has 2 aromatic carbocycles. The number of ketones is 2. The molecule has 2 aromatic rings. The van der Waals surface area contributed by atoms with E-state index < -0.39 is 12.1 Å². The number of Topliss-reactive ketones (excluding diaryl/α,β-unsaturated/α-hetero) is 2. The summed E-state index contributed by atoms with van der Waals surface area (Å²) in [5, 5.41) is 0. The molecule has 4 nitrogen and oxygen atoms in total. The third kappa shape index (κ3) is 2.52. The molecule has 0 radical (unpaired) electrons. The summed E-state index contributed by atoms with van der Waals surface area (Å²) in [6.07, 6.45) is 2.20. The minimum Gasteiger partial charge on any atom is -0.318 e. The van der Waals surface area contributed by atoms with Crippen LogP contribution in [0.25, 0.3) is 0 Å². The Hall–Kier alpha value is -2.30. The van der Waals surface area contributed by atoms with E-state index in [0.29, 0.717) is 11.8 Å². The number of carbonyl (C=O) groups excluding carboxylic acids is 2. The molecule has 3 aliphatic carbocycles. The van der Waals surface area contributed by atoms with E-state index in [1.54, 1.807) is 0 Å². The van der Waals surface area contributed by atoms with Gasteiger partial charge < -0.3 is 11.5 Å². The molecule has 0 amide bonds. The highest BCUT2D eigenvalue weighted by Gasteiger charge is 2.38. The van der Waals surface area contributed by atoms with Crippen LogP contribution in [0.2, 0.25) is 0 Å². The van der Waals surface area contributed by atoms with Crippen LogP contribution in [0, 0.1) is 0 Å². The van der Waals surface area contributed by atoms with Crippen molar-refractivity contribution < 1.29 is 9.59 Å². The molecule has 0 saturated carbocycles. The average Bonchev–Trinajstić information content (AvgIpc) is 2.66. The molecule has 0 saturated heterocycles. The van der Waals surface area contributed by atoms with E-state index in [9.17, 15) is 9.59 Å². The number of hydrogen-bond acceptors (Lipinski definition) is 4. The molecule has 0 heterocycles. The van der Waals surface area contributed by atoms with E-state index >= 15 is 0 Å². The molecule has 4 unspecified atom stereocenters. The van der Waals surface area contributed by atoms with Crippen molar-refractivity contribution >= 4 is 11.6 Å². The quantitative estimate of drug-likeness (QED) is 0.888. The highest BCUT2D eigenvalue weighted by Crippen LogP contribution is 2.53. The summed E-state index contributed by atoms with van der Waals surface area (Å²) >= 11 is 0. The van der Waals surface area contributed by atoms with E-state index in [2.05, 4.69) is 24.3 Å². The summed E-state index contributed by atoms with van der Waals surface area (Å²) < 4.78 is 0. The SMILES string of the molecule is CC(=O)C(N)c1ccc2c(c1)C1CCC2c2cc(C(N)C(C)=O)ccc21. The standard InChI is InChI=1S/C22H24N2O2/c1-11(25)21(23)13-3-5-15-18-8-7-17(19(15)9-13)16-6-4-14(10-20(16)18)22(24)12(2)26/h3-6,9-10,17-18,21-22H,7-8,23-24H2,1-2H3. The van der Waals surface area contributed by atoms with Crippen molar-refractivity contribution in [2.75, 3.05) is 0 Å². The molecular weight excluding hydrogens is 324 g/mol. The van der Waals surface area contributed by atoms with Crippen molar-refractivity contribution in [3.8, 4) is 0 Å². The summed E-state index contributed by atoms with van der Waals surface area (Å²) in [5.41, 5.74) is 19.1. The van der Waals surface area contributed by atoms with Gasteiger partial charge in [-0.2, -0.15) is 0 Å². The minimum atomic E-state index is -0.559. The molecular formula is C22H24N2O2. The lowest BCUT2D eigenvalue weighted by atomic mass is 9.63. The number of hydrogen-bond donors (Lipinski definition) is 2. The van der Waals surface area contributed by atoms with Crippen LogP contribution in [0.3, 0.4) is 0 Å². The normalized spacial score (nSPS) is 22.3. The molecule has 26 heavy (non-hydrogen) atoms. The second-order valence-corrected chi connectivity index (χ2v) is 7.64. The molecule has 5 rings (SSSR count). The Kier molecular flexibility index (Phi) is 4.05. The molecule has 0 fully saturated rings. The highest BCUT2D eigenvalue weighted by molar-refractivity contribution is 5.83. The van der Waals surface area contributed by atoms with Gasteiger partial charge in [0.25, 0.3) is 0 Å². The van der Waals surface area contributed by atoms with Crippen LogP contribution in [0.1, 0.15) is 84.0 Å². The van der Waals surface area contributed by atoms with Crippen molar-refractivity contribution in [1.82, 2.24) is 0 Å². The lowest BCUT2D eigenvalue weighted by Crippen LogP contribution is -2.27. The van der Waals surface area contributed by atoms with Crippen LogP contribution in [0.5, 0.6) is 0 Å². The molecule has 134 valence electrons. The van der Waals surface area contributed by atoms with Crippen LogP contribution in [0.4, 0.5) is 0 Å². The zero-order chi connectivity index (χ0) is 18.6. The summed E-state index contributed by atoms with van der Waals surface area (Å²) in [4.78, 5) is 23.3. The molecule has 3 aliphatic rings. The fourth-order valence-electron chi connectivity index (χ4n) is 4.57. The summed E-state index contributed by atoms with van der Waals surface area (Å²) in [5.74, 6) is 0.613. The second-order valence-electron chi connectivity index (χ2n) is 7.64. The van der Waals surface area contributed by atoms with Gasteiger partial charge in [0, 0.05) is 11.8 Å². The summed E-state index contributed by atoms with van der Waals surface area (Å²) in [6, 6.07) is 11.3. The highest BCUT2D eigenvalue weighted by atomic mass is 16.1. The third-order valence-electron chi connectivity index (χ3n) is 6.06. The lowest BCUT2D eigenvalue weighted by molar-refractivity contribution is -0.119. The van der Waals surface area contributed by atoms with Crippen LogP contribution in [-0.4, -0.2) is 11.6 Å². The van der Waals surface area contributed by atoms with Gasteiger partial charge in [-0.3, -0.25) is 9.59 Å². The van der Waals surface area contributed by atoms with E-state index in [1.807, 2.05) is 12.1 Å². The van der Waals surface area contributed by atoms with Gasteiger partial charge >= 0.3 is 0 Å². The fraction of sp³-hybridized carbons (Fsp3) is 0.364. The number of rotatable bonds is 4. The number of fused-ring (bicyclic) bond motifs is 1. The molecule has 0 spiro atoms. The average molecular weight is 348 g/mol. The molecule has 0 aromatic heterocycles. The van der Waals surface area contributed by atoms with Gasteiger partial charge in [0.1, 0.15) is 0 Å². The molecule has 2 bridgehead atoms. The number of carbonyl (C=O) groups is 2. The molecule has 4 atom stereocenters. The van der Waals surface area contributed by atoms with Crippen LogP contribution < -0.4 is 11.5 Å². The van der Waals surface area contributed by atoms with E-state index in [1.165, 1.54) is 36.1 Å². The second kappa shape index (κ2) is 6.15. The summed E-state index contributed by atoms with van der Waals surface area (Å²) in [6.45, 7) is 3.07. The Labute approximate surface area is 153 Å². The van der Waals surface area contributed by atoms with Crippen molar-refractivity contribution in [1.29, 1.82) is 0 Å². The first-order valence-electron chi connectivity index (χ1n) is 9.18. The Morgan fingerprint density at radius 2 is 1.15 bits per heavy atom. The zero-order valence-corrected chi connectivity index (χ0v) is 15.2. The van der Waals surface area contributed by atoms with E-state index in [4.69, 9.17) is 11.5 Å². The van der Waals surface area contributed by atoms with Gasteiger partial charge in [0.15, 0.2) is 11.6 Å². The van der Waals surface area contributed by atoms with Crippen LogP contribution >= 0.6 is 0 Å². The van der Waals surface area contributed by atoms with Crippen molar-refractivity contribution in [2.24, 2.45) is 11.5 Å². The van der Waals surface area contributed by atoms with Gasteiger partial charge in [0.2, 0.25) is 0 Å². The Morgan fingerprint density at radius 1 is 0.769 bits per heavy atom. The first-order valence-corrected chi connectivity index (χ1v) is 9.18. The minimum absolute atomic E-state index is 0.0193. The van der Waals surface area contributed by atoms with Gasteiger partial charge in [0.05, 0.1) is 12.1 Å². The number of benzene rings is 2. The predicted octanol–water partition coefficient (Wildman–Crippen LogP) is 3.24. The smallest absolute Gasteiger partial charge is 0.150 e. The van der Waals surface area contributed by atoms with Gasteiger partial charge in [-0.25, -0.2) is 0 Å².